The van der Waals surface area contributed by atoms with Gasteiger partial charge in [0.05, 0.1) is 12.2 Å². The summed E-state index contributed by atoms with van der Waals surface area (Å²) in [6.07, 6.45) is 9.90. The Labute approximate surface area is 147 Å². The molecule has 0 saturated carbocycles. The van der Waals surface area contributed by atoms with Gasteiger partial charge in [0.15, 0.2) is 0 Å². The van der Waals surface area contributed by atoms with Gasteiger partial charge in [-0.2, -0.15) is 0 Å². The Morgan fingerprint density at radius 2 is 1.71 bits per heavy atom. The number of benzene rings is 1. The molecule has 0 aromatic heterocycles. The van der Waals surface area contributed by atoms with Crippen LogP contribution in [0.25, 0.3) is 0 Å². The molecule has 0 radical (unpaired) electrons. The summed E-state index contributed by atoms with van der Waals surface area (Å²) in [4.78, 5) is 12.6. The lowest BCUT2D eigenvalue weighted by atomic mass is 10.0. The van der Waals surface area contributed by atoms with Gasteiger partial charge in [-0.1, -0.05) is 64.2 Å². The molecule has 1 atom stereocenters. The van der Waals surface area contributed by atoms with E-state index < -0.39 is 0 Å². The third kappa shape index (κ3) is 7.96. The van der Waals surface area contributed by atoms with Gasteiger partial charge in [-0.3, -0.25) is 0 Å². The lowest BCUT2D eigenvalue weighted by Gasteiger charge is -2.18. The average Bonchev–Trinajstić information content (AvgIpc) is 2.60. The van der Waals surface area contributed by atoms with Gasteiger partial charge in [-0.25, -0.2) is 4.79 Å². The van der Waals surface area contributed by atoms with Crippen molar-refractivity contribution in [3.8, 4) is 0 Å². The number of carbonyl (C=O) groups is 1. The van der Waals surface area contributed by atoms with Gasteiger partial charge in [-0.05, 0) is 37.3 Å². The van der Waals surface area contributed by atoms with Crippen LogP contribution in [0.15, 0.2) is 24.3 Å². The van der Waals surface area contributed by atoms with E-state index in [0.717, 1.165) is 37.7 Å². The van der Waals surface area contributed by atoms with Crippen LogP contribution in [0.2, 0.25) is 0 Å². The highest BCUT2D eigenvalue weighted by Crippen LogP contribution is 2.16. The smallest absolute Gasteiger partial charge is 0.338 e. The summed E-state index contributed by atoms with van der Waals surface area (Å²) < 4.78 is 11.0. The highest BCUT2D eigenvalue weighted by molar-refractivity contribution is 5.91. The third-order valence-electron chi connectivity index (χ3n) is 4.29. The number of hydrogen-bond acceptors (Lipinski definition) is 3. The summed E-state index contributed by atoms with van der Waals surface area (Å²) >= 11 is 0. The number of aryl methyl sites for hydroxylation is 1. The Hall–Kier alpha value is -1.35. The van der Waals surface area contributed by atoms with Crippen molar-refractivity contribution in [2.75, 3.05) is 13.7 Å². The molecular weight excluding hydrogens is 300 g/mol. The van der Waals surface area contributed by atoms with Crippen molar-refractivity contribution in [1.82, 2.24) is 0 Å². The molecule has 0 spiro atoms. The standard InChI is InChI=1S/C21H34O3/c1-4-6-8-9-10-15-19(17-23-3)24-21(22)20-16-12-11-14-18(20)13-7-5-2/h11-12,14,16,19H,4-10,13,15,17H2,1-3H3. The lowest BCUT2D eigenvalue weighted by molar-refractivity contribution is 0.00227. The van der Waals surface area contributed by atoms with Crippen molar-refractivity contribution < 1.29 is 14.3 Å². The van der Waals surface area contributed by atoms with Gasteiger partial charge < -0.3 is 9.47 Å². The molecule has 1 aromatic carbocycles. The van der Waals surface area contributed by atoms with Crippen LogP contribution in [-0.4, -0.2) is 25.8 Å². The van der Waals surface area contributed by atoms with E-state index in [1.807, 2.05) is 24.3 Å². The zero-order valence-corrected chi connectivity index (χ0v) is 15.7. The van der Waals surface area contributed by atoms with Gasteiger partial charge in [0.2, 0.25) is 0 Å². The second-order valence-electron chi connectivity index (χ2n) is 6.45. The molecule has 1 aromatic rings. The zero-order valence-electron chi connectivity index (χ0n) is 15.7. The summed E-state index contributed by atoms with van der Waals surface area (Å²) in [5.74, 6) is -0.211. The molecule has 136 valence electrons. The van der Waals surface area contributed by atoms with Gasteiger partial charge in [-0.15, -0.1) is 0 Å². The van der Waals surface area contributed by atoms with E-state index in [0.29, 0.717) is 12.2 Å². The summed E-state index contributed by atoms with van der Waals surface area (Å²) in [5.41, 5.74) is 1.79. The molecule has 0 bridgehead atoms. The van der Waals surface area contributed by atoms with E-state index >= 15 is 0 Å². The van der Waals surface area contributed by atoms with Crippen molar-refractivity contribution in [3.05, 3.63) is 35.4 Å². The molecule has 0 amide bonds. The van der Waals surface area contributed by atoms with Crippen molar-refractivity contribution in [2.45, 2.75) is 77.7 Å². The Morgan fingerprint density at radius 3 is 2.42 bits per heavy atom. The highest BCUT2D eigenvalue weighted by Gasteiger charge is 2.18. The van der Waals surface area contributed by atoms with Crippen LogP contribution in [0.1, 0.15) is 81.1 Å². The Balaban J connectivity index is 2.57. The fourth-order valence-corrected chi connectivity index (χ4v) is 2.86. The predicted octanol–water partition coefficient (Wildman–Crippen LogP) is 5.56. The van der Waals surface area contributed by atoms with Crippen LogP contribution < -0.4 is 0 Å². The second kappa shape index (κ2) is 13.0. The average molecular weight is 335 g/mol. The van der Waals surface area contributed by atoms with Crippen LogP contribution in [0.4, 0.5) is 0 Å². The van der Waals surface area contributed by atoms with Crippen molar-refractivity contribution in [2.24, 2.45) is 0 Å². The maximum absolute atomic E-state index is 12.6. The van der Waals surface area contributed by atoms with E-state index in [9.17, 15) is 4.79 Å². The van der Waals surface area contributed by atoms with E-state index in [2.05, 4.69) is 13.8 Å². The van der Waals surface area contributed by atoms with Crippen molar-refractivity contribution in [3.63, 3.8) is 0 Å². The number of methoxy groups -OCH3 is 1. The van der Waals surface area contributed by atoms with Gasteiger partial charge in [0.1, 0.15) is 6.10 Å². The minimum atomic E-state index is -0.211. The van der Waals surface area contributed by atoms with Crippen LogP contribution in [0.3, 0.4) is 0 Å². The summed E-state index contributed by atoms with van der Waals surface area (Å²) in [6.45, 7) is 4.84. The quantitative estimate of drug-likeness (QED) is 0.350. The Morgan fingerprint density at radius 1 is 1.00 bits per heavy atom. The van der Waals surface area contributed by atoms with Crippen LogP contribution in [-0.2, 0) is 15.9 Å². The number of unbranched alkanes of at least 4 members (excludes halogenated alkanes) is 5. The third-order valence-corrected chi connectivity index (χ3v) is 4.29. The minimum absolute atomic E-state index is 0.150. The summed E-state index contributed by atoms with van der Waals surface area (Å²) in [5, 5.41) is 0. The second-order valence-corrected chi connectivity index (χ2v) is 6.45. The number of ether oxygens (including phenoxy) is 2. The number of rotatable bonds is 13. The molecule has 0 aliphatic carbocycles. The molecule has 24 heavy (non-hydrogen) atoms. The molecule has 1 rings (SSSR count). The largest absolute Gasteiger partial charge is 0.456 e. The fourth-order valence-electron chi connectivity index (χ4n) is 2.86. The van der Waals surface area contributed by atoms with E-state index in [4.69, 9.17) is 9.47 Å². The topological polar surface area (TPSA) is 35.5 Å². The SMILES string of the molecule is CCCCCCCC(COC)OC(=O)c1ccccc1CCCC. The van der Waals surface area contributed by atoms with E-state index in [1.54, 1.807) is 7.11 Å². The number of esters is 1. The minimum Gasteiger partial charge on any atom is -0.456 e. The highest BCUT2D eigenvalue weighted by atomic mass is 16.6. The van der Waals surface area contributed by atoms with Gasteiger partial charge in [0.25, 0.3) is 0 Å². The molecule has 0 aliphatic heterocycles. The molecule has 1 unspecified atom stereocenters. The maximum atomic E-state index is 12.6. The van der Waals surface area contributed by atoms with Crippen LogP contribution in [0, 0.1) is 0 Å². The molecule has 0 saturated heterocycles. The maximum Gasteiger partial charge on any atom is 0.338 e. The van der Waals surface area contributed by atoms with E-state index in [1.165, 1.54) is 25.7 Å². The normalized spacial score (nSPS) is 12.1. The molecule has 0 N–H and O–H groups in total. The molecular formula is C21H34O3. The number of carbonyl (C=O) groups excluding carboxylic acids is 1. The number of hydrogen-bond donors (Lipinski definition) is 0. The van der Waals surface area contributed by atoms with Crippen LogP contribution in [0.5, 0.6) is 0 Å². The van der Waals surface area contributed by atoms with Crippen molar-refractivity contribution in [1.29, 1.82) is 0 Å². The first-order chi connectivity index (χ1) is 11.7. The molecule has 0 aliphatic rings. The first-order valence-corrected chi connectivity index (χ1v) is 9.50. The Bertz CT molecular complexity index is 456. The Kier molecular flexibility index (Phi) is 11.2. The fraction of sp³-hybridized carbons (Fsp3) is 0.667. The van der Waals surface area contributed by atoms with Gasteiger partial charge in [0, 0.05) is 7.11 Å². The molecule has 3 nitrogen and oxygen atoms in total. The summed E-state index contributed by atoms with van der Waals surface area (Å²) in [7, 11) is 1.66. The van der Waals surface area contributed by atoms with Crippen molar-refractivity contribution >= 4 is 5.97 Å². The lowest BCUT2D eigenvalue weighted by Crippen LogP contribution is -2.24. The van der Waals surface area contributed by atoms with Crippen LogP contribution >= 0.6 is 0 Å². The predicted molar refractivity (Wildman–Crippen MR) is 99.5 cm³/mol. The summed E-state index contributed by atoms with van der Waals surface area (Å²) in [6, 6.07) is 7.80. The first-order valence-electron chi connectivity index (χ1n) is 9.50. The molecule has 0 fully saturated rings. The zero-order chi connectivity index (χ0) is 17.6. The molecule has 0 heterocycles. The first kappa shape index (κ1) is 20.7. The van der Waals surface area contributed by atoms with E-state index in [-0.39, 0.29) is 12.1 Å². The monoisotopic (exact) mass is 334 g/mol. The molecule has 3 heteroatoms. The van der Waals surface area contributed by atoms with Gasteiger partial charge >= 0.3 is 5.97 Å².